The Kier molecular flexibility index (Phi) is 2.06. The Morgan fingerprint density at radius 3 is 2.79 bits per heavy atom. The second-order valence-electron chi connectivity index (χ2n) is 6.27. The molecule has 0 saturated heterocycles. The Morgan fingerprint density at radius 1 is 1.26 bits per heavy atom. The maximum Gasteiger partial charge on any atom is 0.217 e. The molecular formula is C16H18N2O. The van der Waals surface area contributed by atoms with E-state index >= 15 is 0 Å². The number of benzene rings is 1. The first-order valence-corrected chi connectivity index (χ1v) is 6.83. The number of nitrogens with zero attached hydrogens (tertiary/aromatic N) is 2. The van der Waals surface area contributed by atoms with Crippen molar-refractivity contribution >= 4 is 5.90 Å². The number of likely N-dealkylation sites (N-methyl/N-ethyl adjacent to an activating group) is 1. The highest BCUT2D eigenvalue weighted by Crippen LogP contribution is 2.48. The molecule has 19 heavy (non-hydrogen) atoms. The molecule has 2 atom stereocenters. The van der Waals surface area contributed by atoms with Gasteiger partial charge in [-0.3, -0.25) is 4.90 Å². The van der Waals surface area contributed by atoms with Crippen molar-refractivity contribution in [3.63, 3.8) is 0 Å². The topological polar surface area (TPSA) is 24.8 Å². The van der Waals surface area contributed by atoms with Gasteiger partial charge < -0.3 is 4.74 Å². The summed E-state index contributed by atoms with van der Waals surface area (Å²) in [4.78, 5) is 7.13. The molecule has 0 radical (unpaired) electrons. The molecule has 3 heteroatoms. The number of aliphatic imine (C=N–C) groups is 1. The lowest BCUT2D eigenvalue weighted by atomic mass is 9.92. The smallest absolute Gasteiger partial charge is 0.217 e. The molecule has 0 N–H and O–H groups in total. The monoisotopic (exact) mass is 254 g/mol. The quantitative estimate of drug-likeness (QED) is 0.720. The molecule has 1 aromatic carbocycles. The summed E-state index contributed by atoms with van der Waals surface area (Å²) in [5, 5.41) is 0. The Balaban J connectivity index is 1.86. The van der Waals surface area contributed by atoms with E-state index in [0.29, 0.717) is 18.7 Å². The summed E-state index contributed by atoms with van der Waals surface area (Å²) < 4.78 is 5.83. The van der Waals surface area contributed by atoms with Crippen LogP contribution in [0.25, 0.3) is 0 Å². The SMILES string of the molecule is CN1[C@@H]2C=C[C@@H]1c1c(C3=NC(C)(C)CO3)cccc12. The van der Waals surface area contributed by atoms with Gasteiger partial charge in [0.15, 0.2) is 0 Å². The van der Waals surface area contributed by atoms with Gasteiger partial charge in [0.2, 0.25) is 5.90 Å². The molecule has 0 fully saturated rings. The highest BCUT2D eigenvalue weighted by Gasteiger charge is 2.40. The first kappa shape index (κ1) is 11.2. The molecule has 3 heterocycles. The summed E-state index contributed by atoms with van der Waals surface area (Å²) in [5.41, 5.74) is 3.86. The van der Waals surface area contributed by atoms with Gasteiger partial charge in [0.05, 0.1) is 17.6 Å². The van der Waals surface area contributed by atoms with Gasteiger partial charge in [-0.15, -0.1) is 0 Å². The molecule has 0 saturated carbocycles. The van der Waals surface area contributed by atoms with E-state index in [4.69, 9.17) is 9.73 Å². The fourth-order valence-electron chi connectivity index (χ4n) is 3.36. The molecule has 0 unspecified atom stereocenters. The zero-order chi connectivity index (χ0) is 13.2. The van der Waals surface area contributed by atoms with Crippen LogP contribution in [0, 0.1) is 0 Å². The molecule has 2 bridgehead atoms. The molecule has 0 aliphatic carbocycles. The van der Waals surface area contributed by atoms with Crippen LogP contribution in [0.4, 0.5) is 0 Å². The zero-order valence-corrected chi connectivity index (χ0v) is 11.6. The predicted octanol–water partition coefficient (Wildman–Crippen LogP) is 2.84. The molecular weight excluding hydrogens is 236 g/mol. The van der Waals surface area contributed by atoms with E-state index in [0.717, 1.165) is 5.90 Å². The van der Waals surface area contributed by atoms with Crippen LogP contribution in [0.2, 0.25) is 0 Å². The zero-order valence-electron chi connectivity index (χ0n) is 11.6. The number of hydrogen-bond donors (Lipinski definition) is 0. The Hall–Kier alpha value is -1.61. The number of fused-ring (bicyclic) bond motifs is 5. The van der Waals surface area contributed by atoms with E-state index in [-0.39, 0.29) is 5.54 Å². The average molecular weight is 254 g/mol. The minimum atomic E-state index is -0.0998. The maximum absolute atomic E-state index is 5.83. The highest BCUT2D eigenvalue weighted by atomic mass is 16.5. The Labute approximate surface area is 113 Å². The molecule has 3 nitrogen and oxygen atoms in total. The fraction of sp³-hybridized carbons (Fsp3) is 0.438. The molecule has 0 amide bonds. The normalized spacial score (nSPS) is 30.4. The summed E-state index contributed by atoms with van der Waals surface area (Å²) in [6.07, 6.45) is 4.58. The van der Waals surface area contributed by atoms with E-state index in [1.54, 1.807) is 0 Å². The standard InChI is InChI=1S/C16H18N2O/c1-16(2)9-19-15(17-16)11-6-4-5-10-12-7-8-13(14(10)11)18(12)3/h4-8,12-13H,9H2,1-3H3/t12-,13-/m1/s1. The summed E-state index contributed by atoms with van der Waals surface area (Å²) in [6.45, 7) is 4.90. The molecule has 0 aromatic heterocycles. The van der Waals surface area contributed by atoms with Crippen molar-refractivity contribution in [3.05, 3.63) is 47.0 Å². The van der Waals surface area contributed by atoms with Crippen LogP contribution in [0.1, 0.15) is 42.6 Å². The van der Waals surface area contributed by atoms with Gasteiger partial charge in [0, 0.05) is 5.56 Å². The minimum absolute atomic E-state index is 0.0998. The van der Waals surface area contributed by atoms with Gasteiger partial charge in [-0.1, -0.05) is 24.3 Å². The lowest BCUT2D eigenvalue weighted by Gasteiger charge is -2.15. The third-order valence-corrected chi connectivity index (χ3v) is 4.30. The van der Waals surface area contributed by atoms with E-state index in [9.17, 15) is 0 Å². The van der Waals surface area contributed by atoms with Crippen LogP contribution >= 0.6 is 0 Å². The van der Waals surface area contributed by atoms with E-state index in [1.165, 1.54) is 16.7 Å². The summed E-state index contributed by atoms with van der Waals surface area (Å²) in [5.74, 6) is 0.816. The molecule has 1 aromatic rings. The number of hydrogen-bond acceptors (Lipinski definition) is 3. The predicted molar refractivity (Wildman–Crippen MR) is 75.4 cm³/mol. The number of ether oxygens (including phenoxy) is 1. The fourth-order valence-corrected chi connectivity index (χ4v) is 3.36. The van der Waals surface area contributed by atoms with Crippen LogP contribution in [0.3, 0.4) is 0 Å². The Morgan fingerprint density at radius 2 is 2.05 bits per heavy atom. The van der Waals surface area contributed by atoms with Crippen molar-refractivity contribution in [2.24, 2.45) is 4.99 Å². The van der Waals surface area contributed by atoms with Gasteiger partial charge in [0.1, 0.15) is 6.61 Å². The Bertz CT molecular complexity index is 615. The molecule has 3 aliphatic heterocycles. The van der Waals surface area contributed by atoms with Crippen molar-refractivity contribution in [1.82, 2.24) is 4.90 Å². The van der Waals surface area contributed by atoms with E-state index in [2.05, 4.69) is 56.1 Å². The van der Waals surface area contributed by atoms with Crippen LogP contribution in [0.15, 0.2) is 35.3 Å². The molecule has 98 valence electrons. The van der Waals surface area contributed by atoms with Crippen LogP contribution in [-0.2, 0) is 4.74 Å². The number of rotatable bonds is 1. The van der Waals surface area contributed by atoms with Crippen molar-refractivity contribution in [2.75, 3.05) is 13.7 Å². The van der Waals surface area contributed by atoms with E-state index in [1.807, 2.05) is 0 Å². The molecule has 4 rings (SSSR count). The van der Waals surface area contributed by atoms with Crippen molar-refractivity contribution in [1.29, 1.82) is 0 Å². The van der Waals surface area contributed by atoms with Gasteiger partial charge in [-0.25, -0.2) is 4.99 Å². The van der Waals surface area contributed by atoms with Crippen molar-refractivity contribution in [2.45, 2.75) is 31.5 Å². The van der Waals surface area contributed by atoms with E-state index < -0.39 is 0 Å². The maximum atomic E-state index is 5.83. The van der Waals surface area contributed by atoms with Crippen LogP contribution < -0.4 is 0 Å². The van der Waals surface area contributed by atoms with Crippen molar-refractivity contribution < 1.29 is 4.74 Å². The third kappa shape index (κ3) is 1.45. The largest absolute Gasteiger partial charge is 0.475 e. The van der Waals surface area contributed by atoms with Crippen molar-refractivity contribution in [3.8, 4) is 0 Å². The first-order valence-electron chi connectivity index (χ1n) is 6.83. The minimum Gasteiger partial charge on any atom is -0.475 e. The first-order chi connectivity index (χ1) is 9.07. The van der Waals surface area contributed by atoms with Crippen LogP contribution in [0.5, 0.6) is 0 Å². The van der Waals surface area contributed by atoms with Gasteiger partial charge in [0.25, 0.3) is 0 Å². The second kappa shape index (κ2) is 3.48. The highest BCUT2D eigenvalue weighted by molar-refractivity contribution is 5.98. The summed E-state index contributed by atoms with van der Waals surface area (Å²) in [7, 11) is 2.18. The second-order valence-corrected chi connectivity index (χ2v) is 6.27. The average Bonchev–Trinajstić information content (AvgIpc) is 3.01. The van der Waals surface area contributed by atoms with Gasteiger partial charge in [-0.2, -0.15) is 0 Å². The lowest BCUT2D eigenvalue weighted by molar-refractivity contribution is 0.278. The molecule has 3 aliphatic rings. The van der Waals surface area contributed by atoms with Gasteiger partial charge in [-0.05, 0) is 38.1 Å². The lowest BCUT2D eigenvalue weighted by Crippen LogP contribution is -2.17. The third-order valence-electron chi connectivity index (χ3n) is 4.30. The summed E-state index contributed by atoms with van der Waals surface area (Å²) >= 11 is 0. The summed E-state index contributed by atoms with van der Waals surface area (Å²) in [6, 6.07) is 7.29. The van der Waals surface area contributed by atoms with Crippen LogP contribution in [-0.4, -0.2) is 30.0 Å². The molecule has 0 spiro atoms. The van der Waals surface area contributed by atoms with Gasteiger partial charge >= 0.3 is 0 Å².